The Kier molecular flexibility index (Phi) is 3.03. The van der Waals surface area contributed by atoms with Crippen LogP contribution in [0.15, 0.2) is 36.7 Å². The molecule has 1 aromatic carbocycles. The molecule has 0 fully saturated rings. The van der Waals surface area contributed by atoms with Gasteiger partial charge in [-0.25, -0.2) is 9.07 Å². The van der Waals surface area contributed by atoms with Gasteiger partial charge in [-0.3, -0.25) is 0 Å². The largest absolute Gasteiger partial charge is 0.368 e. The Bertz CT molecular complexity index is 759. The van der Waals surface area contributed by atoms with Gasteiger partial charge in [0.1, 0.15) is 5.82 Å². The number of rotatable bonds is 2. The van der Waals surface area contributed by atoms with E-state index in [1.165, 1.54) is 22.9 Å². The van der Waals surface area contributed by atoms with Crippen molar-refractivity contribution in [2.24, 2.45) is 0 Å². The van der Waals surface area contributed by atoms with E-state index in [0.29, 0.717) is 11.4 Å². The van der Waals surface area contributed by atoms with Crippen LogP contribution >= 0.6 is 11.6 Å². The number of nitrogens with two attached hydrogens (primary N) is 1. The van der Waals surface area contributed by atoms with Crippen LogP contribution in [0, 0.1) is 5.82 Å². The van der Waals surface area contributed by atoms with E-state index in [1.54, 1.807) is 18.5 Å². The van der Waals surface area contributed by atoms with Crippen molar-refractivity contribution in [3.8, 4) is 17.3 Å². The lowest BCUT2D eigenvalue weighted by atomic mass is 10.2. The van der Waals surface area contributed by atoms with E-state index in [4.69, 9.17) is 17.3 Å². The average molecular weight is 291 g/mol. The van der Waals surface area contributed by atoms with E-state index in [9.17, 15) is 4.39 Å². The normalized spacial score (nSPS) is 10.7. The lowest BCUT2D eigenvalue weighted by Crippen LogP contribution is -2.08. The first kappa shape index (κ1) is 12.5. The van der Waals surface area contributed by atoms with Gasteiger partial charge < -0.3 is 5.73 Å². The zero-order chi connectivity index (χ0) is 14.1. The molecule has 8 heteroatoms. The summed E-state index contributed by atoms with van der Waals surface area (Å²) in [6, 6.07) is 5.92. The zero-order valence-corrected chi connectivity index (χ0v) is 10.8. The van der Waals surface area contributed by atoms with E-state index in [1.807, 2.05) is 0 Å². The quantitative estimate of drug-likeness (QED) is 0.781. The van der Waals surface area contributed by atoms with Crippen molar-refractivity contribution in [2.45, 2.75) is 0 Å². The molecule has 0 unspecified atom stereocenters. The molecule has 0 aliphatic carbocycles. The predicted molar refractivity (Wildman–Crippen MR) is 71.8 cm³/mol. The molecule has 100 valence electrons. The molecule has 3 rings (SSSR count). The maximum atomic E-state index is 13.2. The molecule has 0 spiro atoms. The summed E-state index contributed by atoms with van der Waals surface area (Å²) >= 11 is 5.75. The molecule has 0 atom stereocenters. The second-order valence-corrected chi connectivity index (χ2v) is 4.30. The van der Waals surface area contributed by atoms with Gasteiger partial charge in [0.25, 0.3) is 5.95 Å². The molecular weight excluding hydrogens is 283 g/mol. The number of nitrogen functional groups attached to an aromatic ring is 1. The van der Waals surface area contributed by atoms with Crippen LogP contribution in [0.4, 0.5) is 10.3 Å². The Morgan fingerprint density at radius 1 is 1.20 bits per heavy atom. The standard InChI is InChI=1S/C12H8ClFN6/c13-8-6-7(2-3-9(8)14)10-17-11(15)19-12(18-10)20-5-1-4-16-20/h1-6H,(H2,15,17,18,19). The van der Waals surface area contributed by atoms with E-state index in [0.717, 1.165) is 0 Å². The minimum absolute atomic E-state index is 0.0119. The van der Waals surface area contributed by atoms with Crippen molar-refractivity contribution in [3.63, 3.8) is 0 Å². The maximum Gasteiger partial charge on any atom is 0.255 e. The topological polar surface area (TPSA) is 82.5 Å². The molecule has 20 heavy (non-hydrogen) atoms. The molecular formula is C12H8ClFN6. The van der Waals surface area contributed by atoms with Crippen molar-refractivity contribution in [1.29, 1.82) is 0 Å². The van der Waals surface area contributed by atoms with E-state index < -0.39 is 5.82 Å². The molecule has 0 aliphatic heterocycles. The van der Waals surface area contributed by atoms with Gasteiger partial charge >= 0.3 is 0 Å². The van der Waals surface area contributed by atoms with Crippen LogP contribution in [0.2, 0.25) is 5.02 Å². The Hall–Kier alpha value is -2.54. The highest BCUT2D eigenvalue weighted by Crippen LogP contribution is 2.23. The van der Waals surface area contributed by atoms with Crippen LogP contribution < -0.4 is 5.73 Å². The summed E-state index contributed by atoms with van der Waals surface area (Å²) < 4.78 is 14.6. The van der Waals surface area contributed by atoms with Crippen LogP contribution in [-0.4, -0.2) is 24.7 Å². The van der Waals surface area contributed by atoms with Crippen LogP contribution in [0.5, 0.6) is 0 Å². The van der Waals surface area contributed by atoms with Crippen molar-refractivity contribution in [2.75, 3.05) is 5.73 Å². The Labute approximate surface area is 118 Å². The van der Waals surface area contributed by atoms with Gasteiger partial charge in [0.2, 0.25) is 5.95 Å². The summed E-state index contributed by atoms with van der Waals surface area (Å²) in [5.41, 5.74) is 6.20. The zero-order valence-electron chi connectivity index (χ0n) is 10.0. The summed E-state index contributed by atoms with van der Waals surface area (Å²) in [7, 11) is 0. The number of anilines is 1. The van der Waals surface area contributed by atoms with E-state index >= 15 is 0 Å². The number of hydrogen-bond acceptors (Lipinski definition) is 5. The van der Waals surface area contributed by atoms with Crippen molar-refractivity contribution < 1.29 is 4.39 Å². The highest BCUT2D eigenvalue weighted by Gasteiger charge is 2.10. The van der Waals surface area contributed by atoms with Gasteiger partial charge in [0.15, 0.2) is 5.82 Å². The number of nitrogens with zero attached hydrogens (tertiary/aromatic N) is 5. The summed E-state index contributed by atoms with van der Waals surface area (Å²) in [5.74, 6) is 0.105. The molecule has 2 aromatic heterocycles. The van der Waals surface area contributed by atoms with Crippen LogP contribution in [0.1, 0.15) is 0 Å². The molecule has 0 saturated heterocycles. The molecule has 2 N–H and O–H groups in total. The first-order valence-corrected chi connectivity index (χ1v) is 5.98. The van der Waals surface area contributed by atoms with Gasteiger partial charge in [-0.2, -0.15) is 20.1 Å². The highest BCUT2D eigenvalue weighted by molar-refractivity contribution is 6.31. The predicted octanol–water partition coefficient (Wildman–Crippen LogP) is 2.10. The lowest BCUT2D eigenvalue weighted by molar-refractivity contribution is 0.628. The molecule has 0 aliphatic rings. The molecule has 0 saturated carbocycles. The minimum atomic E-state index is -0.509. The van der Waals surface area contributed by atoms with Gasteiger partial charge in [-0.1, -0.05) is 11.6 Å². The second-order valence-electron chi connectivity index (χ2n) is 3.90. The smallest absolute Gasteiger partial charge is 0.255 e. The Morgan fingerprint density at radius 3 is 2.75 bits per heavy atom. The number of aromatic nitrogens is 5. The van der Waals surface area contributed by atoms with Crippen LogP contribution in [0.25, 0.3) is 17.3 Å². The summed E-state index contributed by atoms with van der Waals surface area (Å²) in [4.78, 5) is 12.2. The minimum Gasteiger partial charge on any atom is -0.368 e. The Balaban J connectivity index is 2.12. The highest BCUT2D eigenvalue weighted by atomic mass is 35.5. The molecule has 0 amide bonds. The fourth-order valence-electron chi connectivity index (χ4n) is 1.63. The molecule has 6 nitrogen and oxygen atoms in total. The van der Waals surface area contributed by atoms with Crippen LogP contribution in [0.3, 0.4) is 0 Å². The SMILES string of the molecule is Nc1nc(-c2ccc(F)c(Cl)c2)nc(-n2cccn2)n1. The van der Waals surface area contributed by atoms with Gasteiger partial charge in [-0.15, -0.1) is 0 Å². The number of halogens is 2. The second kappa shape index (κ2) is 4.86. The van der Waals surface area contributed by atoms with E-state index in [2.05, 4.69) is 20.1 Å². The lowest BCUT2D eigenvalue weighted by Gasteiger charge is -2.05. The summed E-state index contributed by atoms with van der Waals surface area (Å²) in [6.07, 6.45) is 3.27. The third-order valence-electron chi connectivity index (χ3n) is 2.53. The van der Waals surface area contributed by atoms with Crippen molar-refractivity contribution in [3.05, 3.63) is 47.5 Å². The first-order valence-electron chi connectivity index (χ1n) is 5.60. The summed E-state index contributed by atoms with van der Waals surface area (Å²) in [5, 5.41) is 4.00. The van der Waals surface area contributed by atoms with Gasteiger partial charge in [0.05, 0.1) is 5.02 Å². The fraction of sp³-hybridized carbons (Fsp3) is 0. The third kappa shape index (κ3) is 2.30. The number of hydrogen-bond donors (Lipinski definition) is 1. The fourth-order valence-corrected chi connectivity index (χ4v) is 1.82. The molecule has 0 bridgehead atoms. The molecule has 3 aromatic rings. The summed E-state index contributed by atoms with van der Waals surface area (Å²) in [6.45, 7) is 0. The van der Waals surface area contributed by atoms with Crippen molar-refractivity contribution >= 4 is 17.5 Å². The monoisotopic (exact) mass is 290 g/mol. The number of benzene rings is 1. The molecule has 2 heterocycles. The van der Waals surface area contributed by atoms with E-state index in [-0.39, 0.29) is 16.9 Å². The van der Waals surface area contributed by atoms with Crippen molar-refractivity contribution in [1.82, 2.24) is 24.7 Å². The van der Waals surface area contributed by atoms with Gasteiger partial charge in [0, 0.05) is 18.0 Å². The van der Waals surface area contributed by atoms with Crippen LogP contribution in [-0.2, 0) is 0 Å². The maximum absolute atomic E-state index is 13.2. The molecule has 0 radical (unpaired) electrons. The first-order chi connectivity index (χ1) is 9.63. The van der Waals surface area contributed by atoms with Gasteiger partial charge in [-0.05, 0) is 24.3 Å². The third-order valence-corrected chi connectivity index (χ3v) is 2.82. The average Bonchev–Trinajstić information content (AvgIpc) is 2.95. The Morgan fingerprint density at radius 2 is 2.05 bits per heavy atom.